The second kappa shape index (κ2) is 5.03. The number of hydrogen-bond donors (Lipinski definition) is 1. The van der Waals surface area contributed by atoms with Crippen molar-refractivity contribution in [2.75, 3.05) is 18.3 Å². The average molecular weight is 156 g/mol. The molecule has 0 aliphatic carbocycles. The Hall–Kier alpha value is 0.210. The topological polar surface area (TPSA) is 0 Å². The molecule has 0 atom stereocenters. The molecular weight excluding hydrogens is 142 g/mol. The molecule has 0 bridgehead atoms. The van der Waals surface area contributed by atoms with Gasteiger partial charge in [0, 0.05) is 6.42 Å². The van der Waals surface area contributed by atoms with Crippen LogP contribution in [0.5, 0.6) is 0 Å². The fraction of sp³-hybridized carbons (Fsp3) is 1.00. The molecule has 0 unspecified atom stereocenters. The summed E-state index contributed by atoms with van der Waals surface area (Å²) in [6.07, 6.45) is 2.90. The first-order chi connectivity index (χ1) is 4.13. The van der Waals surface area contributed by atoms with Crippen LogP contribution in [0.4, 0.5) is 8.78 Å². The maximum Gasteiger partial charge on any atom is 0.238 e. The van der Waals surface area contributed by atoms with Gasteiger partial charge in [0.05, 0.1) is 0 Å². The Morgan fingerprint density at radius 3 is 2.22 bits per heavy atom. The van der Waals surface area contributed by atoms with E-state index in [1.54, 1.807) is 0 Å². The summed E-state index contributed by atoms with van der Waals surface area (Å²) >= 11 is 0. The van der Waals surface area contributed by atoms with Crippen molar-refractivity contribution < 1.29 is 8.78 Å². The van der Waals surface area contributed by atoms with Gasteiger partial charge in [-0.25, -0.2) is 8.78 Å². The Labute approximate surface area is 58.0 Å². The highest BCUT2D eigenvalue weighted by molar-refractivity contribution is 8.15. The fourth-order valence-corrected chi connectivity index (χ4v) is 1.38. The zero-order chi connectivity index (χ0) is 7.28. The molecule has 0 saturated carbocycles. The molecule has 0 radical (unpaired) electrons. The van der Waals surface area contributed by atoms with E-state index in [-0.39, 0.29) is 17.3 Å². The largest absolute Gasteiger partial charge is 0.259 e. The molecule has 0 fully saturated rings. The molecule has 0 aliphatic rings. The first-order valence-corrected chi connectivity index (χ1v) is 5.48. The predicted octanol–water partition coefficient (Wildman–Crippen LogP) is 2.29. The van der Waals surface area contributed by atoms with Crippen LogP contribution in [0.15, 0.2) is 0 Å². The molecule has 0 amide bonds. The number of hydrogen-bond acceptors (Lipinski definition) is 0. The van der Waals surface area contributed by atoms with Gasteiger partial charge in [0.2, 0.25) is 6.43 Å². The van der Waals surface area contributed by atoms with Gasteiger partial charge in [-0.3, -0.25) is 10.9 Å². The predicted molar refractivity (Wildman–Crippen MR) is 40.9 cm³/mol. The Morgan fingerprint density at radius 2 is 1.89 bits per heavy atom. The molecule has 0 aliphatic heterocycles. The lowest BCUT2D eigenvalue weighted by Gasteiger charge is -2.06. The van der Waals surface area contributed by atoms with Crippen molar-refractivity contribution in [3.63, 3.8) is 0 Å². The summed E-state index contributed by atoms with van der Waals surface area (Å²) in [5.41, 5.74) is 0. The molecule has 0 spiro atoms. The lowest BCUT2D eigenvalue weighted by atomic mass is 10.4. The van der Waals surface area contributed by atoms with Gasteiger partial charge in [0.15, 0.2) is 0 Å². The van der Waals surface area contributed by atoms with Crippen molar-refractivity contribution in [3.8, 4) is 0 Å². The zero-order valence-electron chi connectivity index (χ0n) is 5.90. The summed E-state index contributed by atoms with van der Waals surface area (Å²) in [5.74, 6) is 0.986. The van der Waals surface area contributed by atoms with Crippen LogP contribution in [-0.2, 0) is 0 Å². The standard InChI is InChI=1S/C6H14F2S/c1-9(2)5-3-4-6(7)8/h6,9H,3-5H2,1-2H3. The van der Waals surface area contributed by atoms with E-state index >= 15 is 0 Å². The summed E-state index contributed by atoms with van der Waals surface area (Å²) in [7, 11) is 0.0355. The minimum Gasteiger partial charge on any atom is -0.259 e. The first-order valence-electron chi connectivity index (χ1n) is 3.06. The van der Waals surface area contributed by atoms with Crippen molar-refractivity contribution in [1.82, 2.24) is 0 Å². The van der Waals surface area contributed by atoms with Crippen LogP contribution in [0, 0.1) is 0 Å². The molecule has 0 rings (SSSR count). The van der Waals surface area contributed by atoms with Crippen LogP contribution < -0.4 is 0 Å². The van der Waals surface area contributed by atoms with Gasteiger partial charge < -0.3 is 0 Å². The fourth-order valence-electron chi connectivity index (χ4n) is 0.562. The van der Waals surface area contributed by atoms with E-state index in [2.05, 4.69) is 12.5 Å². The van der Waals surface area contributed by atoms with Crippen molar-refractivity contribution in [2.24, 2.45) is 0 Å². The van der Waals surface area contributed by atoms with Crippen molar-refractivity contribution in [1.29, 1.82) is 0 Å². The van der Waals surface area contributed by atoms with E-state index in [0.717, 1.165) is 5.75 Å². The quantitative estimate of drug-likeness (QED) is 0.593. The molecule has 9 heavy (non-hydrogen) atoms. The summed E-state index contributed by atoms with van der Waals surface area (Å²) in [5, 5.41) is 0. The van der Waals surface area contributed by atoms with Crippen molar-refractivity contribution in [3.05, 3.63) is 0 Å². The Morgan fingerprint density at radius 1 is 1.33 bits per heavy atom. The van der Waals surface area contributed by atoms with Crippen LogP contribution in [-0.4, -0.2) is 24.7 Å². The first kappa shape index (κ1) is 9.21. The third-order valence-corrected chi connectivity index (χ3v) is 2.24. The molecule has 0 saturated heterocycles. The lowest BCUT2D eigenvalue weighted by molar-refractivity contribution is 0.137. The van der Waals surface area contributed by atoms with E-state index in [0.29, 0.717) is 6.42 Å². The highest BCUT2D eigenvalue weighted by Crippen LogP contribution is 2.16. The van der Waals surface area contributed by atoms with Crippen LogP contribution in [0.3, 0.4) is 0 Å². The minimum absolute atomic E-state index is 0.0355. The number of thiol groups is 1. The number of rotatable bonds is 4. The Balaban J connectivity index is 2.91. The Bertz CT molecular complexity index is 56.1. The summed E-state index contributed by atoms with van der Waals surface area (Å²) < 4.78 is 23.0. The molecule has 0 heterocycles. The summed E-state index contributed by atoms with van der Waals surface area (Å²) in [4.78, 5) is 0. The van der Waals surface area contributed by atoms with Crippen LogP contribution in [0.1, 0.15) is 12.8 Å². The molecule has 0 aromatic heterocycles. The van der Waals surface area contributed by atoms with E-state index < -0.39 is 6.43 Å². The second-order valence-corrected chi connectivity index (χ2v) is 4.94. The maximum atomic E-state index is 11.5. The molecule has 58 valence electrons. The monoisotopic (exact) mass is 156 g/mol. The summed E-state index contributed by atoms with van der Waals surface area (Å²) in [6, 6.07) is 0. The number of alkyl halides is 2. The average Bonchev–Trinajstić information content (AvgIpc) is 1.63. The molecular formula is C6H14F2S. The van der Waals surface area contributed by atoms with Crippen LogP contribution >= 0.6 is 10.9 Å². The van der Waals surface area contributed by atoms with Gasteiger partial charge in [0.25, 0.3) is 0 Å². The molecule has 0 nitrogen and oxygen atoms in total. The van der Waals surface area contributed by atoms with Crippen molar-refractivity contribution >= 4 is 10.9 Å². The third kappa shape index (κ3) is 8.21. The van der Waals surface area contributed by atoms with Gasteiger partial charge in [-0.15, -0.1) is 0 Å². The molecule has 0 aromatic rings. The van der Waals surface area contributed by atoms with Gasteiger partial charge in [-0.1, -0.05) is 0 Å². The maximum absolute atomic E-state index is 11.5. The lowest BCUT2D eigenvalue weighted by Crippen LogP contribution is -1.93. The van der Waals surface area contributed by atoms with Crippen LogP contribution in [0.2, 0.25) is 0 Å². The normalized spacial score (nSPS) is 12.3. The Kier molecular flexibility index (Phi) is 5.15. The van der Waals surface area contributed by atoms with E-state index in [1.165, 1.54) is 0 Å². The van der Waals surface area contributed by atoms with E-state index in [1.807, 2.05) is 0 Å². The second-order valence-electron chi connectivity index (χ2n) is 2.34. The molecule has 3 heteroatoms. The SMILES string of the molecule is C[SH](C)CCCC(F)F. The van der Waals surface area contributed by atoms with Gasteiger partial charge >= 0.3 is 0 Å². The van der Waals surface area contributed by atoms with Crippen LogP contribution in [0.25, 0.3) is 0 Å². The van der Waals surface area contributed by atoms with Gasteiger partial charge in [-0.2, -0.15) is 0 Å². The van der Waals surface area contributed by atoms with E-state index in [4.69, 9.17) is 0 Å². The molecule has 0 N–H and O–H groups in total. The van der Waals surface area contributed by atoms with Gasteiger partial charge in [-0.05, 0) is 24.7 Å². The zero-order valence-corrected chi connectivity index (χ0v) is 6.80. The highest BCUT2D eigenvalue weighted by atomic mass is 32.2. The highest BCUT2D eigenvalue weighted by Gasteiger charge is 2.00. The summed E-state index contributed by atoms with van der Waals surface area (Å²) in [6.45, 7) is 0. The van der Waals surface area contributed by atoms with Crippen molar-refractivity contribution in [2.45, 2.75) is 19.3 Å². The third-order valence-electron chi connectivity index (χ3n) is 1.03. The van der Waals surface area contributed by atoms with Gasteiger partial charge in [0.1, 0.15) is 0 Å². The molecule has 0 aromatic carbocycles. The smallest absolute Gasteiger partial charge is 0.238 e. The van der Waals surface area contributed by atoms with E-state index in [9.17, 15) is 8.78 Å². The number of halogens is 2. The minimum atomic E-state index is -2.10.